The monoisotopic (exact) mass is 296 g/mol. The highest BCUT2D eigenvalue weighted by atomic mass is 19.1. The highest BCUT2D eigenvalue weighted by Crippen LogP contribution is 2.11. The predicted octanol–water partition coefficient (Wildman–Crippen LogP) is 2.02. The van der Waals surface area contributed by atoms with Crippen molar-refractivity contribution in [3.05, 3.63) is 30.1 Å². The number of urea groups is 1. The predicted molar refractivity (Wildman–Crippen MR) is 76.9 cm³/mol. The van der Waals surface area contributed by atoms with Crippen LogP contribution >= 0.6 is 0 Å². The molecule has 21 heavy (non-hydrogen) atoms. The van der Waals surface area contributed by atoms with Crippen LogP contribution in [0.25, 0.3) is 0 Å². The molecule has 1 aliphatic heterocycles. The summed E-state index contributed by atoms with van der Waals surface area (Å²) >= 11 is 0. The second kappa shape index (κ2) is 7.26. The van der Waals surface area contributed by atoms with Gasteiger partial charge in [0.25, 0.3) is 0 Å². The van der Waals surface area contributed by atoms with Crippen molar-refractivity contribution in [2.45, 2.75) is 26.1 Å². The third-order valence-electron chi connectivity index (χ3n) is 3.17. The molecular weight excluding hydrogens is 275 g/mol. The van der Waals surface area contributed by atoms with Crippen LogP contribution in [-0.4, -0.2) is 49.4 Å². The van der Waals surface area contributed by atoms with Crippen molar-refractivity contribution in [1.29, 1.82) is 0 Å². The number of benzene rings is 1. The maximum Gasteiger partial charge on any atom is 0.317 e. The first-order chi connectivity index (χ1) is 10.0. The van der Waals surface area contributed by atoms with Gasteiger partial charge in [-0.05, 0) is 38.1 Å². The van der Waals surface area contributed by atoms with Crippen molar-refractivity contribution in [1.82, 2.24) is 10.2 Å². The number of amides is 2. The number of nitrogens with one attached hydrogen (secondary N) is 1. The van der Waals surface area contributed by atoms with E-state index in [0.29, 0.717) is 32.0 Å². The SMILES string of the molecule is C[C@H]1CN(C(=O)NCCOc2ccc(F)cc2)C[C@H](C)O1. The average Bonchev–Trinajstić information content (AvgIpc) is 2.44. The number of nitrogens with zero attached hydrogens (tertiary/aromatic N) is 1. The summed E-state index contributed by atoms with van der Waals surface area (Å²) in [5.41, 5.74) is 0. The van der Waals surface area contributed by atoms with Crippen LogP contribution in [0.1, 0.15) is 13.8 Å². The molecule has 2 atom stereocenters. The van der Waals surface area contributed by atoms with Gasteiger partial charge >= 0.3 is 6.03 Å². The van der Waals surface area contributed by atoms with Crippen molar-refractivity contribution in [3.8, 4) is 5.75 Å². The van der Waals surface area contributed by atoms with Crippen molar-refractivity contribution < 1.29 is 18.7 Å². The van der Waals surface area contributed by atoms with E-state index >= 15 is 0 Å². The van der Waals surface area contributed by atoms with Crippen LogP contribution in [0, 0.1) is 5.82 Å². The van der Waals surface area contributed by atoms with Gasteiger partial charge in [0.2, 0.25) is 0 Å². The van der Waals surface area contributed by atoms with Crippen LogP contribution in [0.5, 0.6) is 5.75 Å². The minimum Gasteiger partial charge on any atom is -0.492 e. The molecule has 1 aromatic carbocycles. The van der Waals surface area contributed by atoms with Gasteiger partial charge in [-0.2, -0.15) is 0 Å². The summed E-state index contributed by atoms with van der Waals surface area (Å²) < 4.78 is 23.7. The van der Waals surface area contributed by atoms with Crippen molar-refractivity contribution in [2.75, 3.05) is 26.2 Å². The minimum absolute atomic E-state index is 0.0509. The molecule has 1 aromatic rings. The van der Waals surface area contributed by atoms with Gasteiger partial charge in [0, 0.05) is 13.1 Å². The quantitative estimate of drug-likeness (QED) is 0.865. The highest BCUT2D eigenvalue weighted by molar-refractivity contribution is 5.74. The zero-order chi connectivity index (χ0) is 15.2. The Morgan fingerprint density at radius 3 is 2.57 bits per heavy atom. The maximum atomic E-state index is 12.7. The number of morpholine rings is 1. The lowest BCUT2D eigenvalue weighted by Crippen LogP contribution is -2.52. The molecule has 1 aliphatic rings. The molecular formula is C15H21FN2O3. The zero-order valence-electron chi connectivity index (χ0n) is 12.3. The van der Waals surface area contributed by atoms with Crippen molar-refractivity contribution >= 4 is 6.03 Å². The van der Waals surface area contributed by atoms with E-state index in [1.165, 1.54) is 12.1 Å². The van der Waals surface area contributed by atoms with Crippen LogP contribution in [0.15, 0.2) is 24.3 Å². The molecule has 0 radical (unpaired) electrons. The van der Waals surface area contributed by atoms with Crippen molar-refractivity contribution in [2.24, 2.45) is 0 Å². The molecule has 0 saturated carbocycles. The fraction of sp³-hybridized carbons (Fsp3) is 0.533. The van der Waals surface area contributed by atoms with Crippen LogP contribution in [0.4, 0.5) is 9.18 Å². The molecule has 1 heterocycles. The largest absolute Gasteiger partial charge is 0.492 e. The Hall–Kier alpha value is -1.82. The molecule has 1 fully saturated rings. The number of hydrogen-bond donors (Lipinski definition) is 1. The van der Waals surface area contributed by atoms with E-state index < -0.39 is 0 Å². The lowest BCUT2D eigenvalue weighted by atomic mass is 10.2. The van der Waals surface area contributed by atoms with Gasteiger partial charge in [0.1, 0.15) is 18.2 Å². The molecule has 1 N–H and O–H groups in total. The van der Waals surface area contributed by atoms with Gasteiger partial charge in [-0.15, -0.1) is 0 Å². The minimum atomic E-state index is -0.300. The van der Waals surface area contributed by atoms with Crippen LogP contribution in [0.3, 0.4) is 0 Å². The first-order valence-electron chi connectivity index (χ1n) is 7.11. The zero-order valence-corrected chi connectivity index (χ0v) is 12.3. The van der Waals surface area contributed by atoms with Gasteiger partial charge in [-0.3, -0.25) is 0 Å². The molecule has 1 saturated heterocycles. The molecule has 2 rings (SSSR count). The van der Waals surface area contributed by atoms with Crippen LogP contribution in [-0.2, 0) is 4.74 Å². The second-order valence-corrected chi connectivity index (χ2v) is 5.20. The number of halogens is 1. The number of rotatable bonds is 4. The summed E-state index contributed by atoms with van der Waals surface area (Å²) in [5.74, 6) is 0.283. The summed E-state index contributed by atoms with van der Waals surface area (Å²) in [6, 6.07) is 5.68. The average molecular weight is 296 g/mol. The number of carbonyl (C=O) groups excluding carboxylic acids is 1. The van der Waals surface area contributed by atoms with Gasteiger partial charge < -0.3 is 19.7 Å². The van der Waals surface area contributed by atoms with Crippen molar-refractivity contribution in [3.63, 3.8) is 0 Å². The number of ether oxygens (including phenoxy) is 2. The Bertz CT molecular complexity index is 456. The highest BCUT2D eigenvalue weighted by Gasteiger charge is 2.25. The fourth-order valence-electron chi connectivity index (χ4n) is 2.31. The summed E-state index contributed by atoms with van der Waals surface area (Å²) in [5, 5.41) is 2.81. The first-order valence-corrected chi connectivity index (χ1v) is 7.11. The Balaban J connectivity index is 1.68. The Morgan fingerprint density at radius 1 is 1.33 bits per heavy atom. The molecule has 0 aliphatic carbocycles. The lowest BCUT2D eigenvalue weighted by Gasteiger charge is -2.35. The van der Waals surface area contributed by atoms with Gasteiger partial charge in [0.15, 0.2) is 0 Å². The Labute approximate surface area is 124 Å². The first kappa shape index (κ1) is 15.6. The molecule has 6 heteroatoms. The van der Waals surface area contributed by atoms with E-state index in [-0.39, 0.29) is 24.1 Å². The van der Waals surface area contributed by atoms with E-state index in [9.17, 15) is 9.18 Å². The van der Waals surface area contributed by atoms with Gasteiger partial charge in [0.05, 0.1) is 18.8 Å². The molecule has 0 bridgehead atoms. The molecule has 2 amide bonds. The van der Waals surface area contributed by atoms with E-state index in [0.717, 1.165) is 0 Å². The lowest BCUT2D eigenvalue weighted by molar-refractivity contribution is -0.0545. The van der Waals surface area contributed by atoms with Crippen LogP contribution in [0.2, 0.25) is 0 Å². The standard InChI is InChI=1S/C15H21FN2O3/c1-11-9-18(10-12(2)21-11)15(19)17-7-8-20-14-5-3-13(16)4-6-14/h3-6,11-12H,7-10H2,1-2H3,(H,17,19)/t11-,12-/m0/s1. The summed E-state index contributed by atoms with van der Waals surface area (Å²) in [4.78, 5) is 13.7. The molecule has 0 aromatic heterocycles. The second-order valence-electron chi connectivity index (χ2n) is 5.20. The van der Waals surface area contributed by atoms with E-state index in [1.54, 1.807) is 17.0 Å². The van der Waals surface area contributed by atoms with E-state index in [1.807, 2.05) is 13.8 Å². The maximum absolute atomic E-state index is 12.7. The summed E-state index contributed by atoms with van der Waals surface area (Å²) in [6.45, 7) is 5.83. The number of hydrogen-bond acceptors (Lipinski definition) is 3. The third-order valence-corrected chi connectivity index (χ3v) is 3.17. The van der Waals surface area contributed by atoms with E-state index in [4.69, 9.17) is 9.47 Å². The smallest absolute Gasteiger partial charge is 0.317 e. The van der Waals surface area contributed by atoms with E-state index in [2.05, 4.69) is 5.32 Å². The molecule has 0 spiro atoms. The summed E-state index contributed by atoms with van der Waals surface area (Å²) in [6.07, 6.45) is 0.102. The van der Waals surface area contributed by atoms with Gasteiger partial charge in [-0.1, -0.05) is 0 Å². The third kappa shape index (κ3) is 4.90. The molecule has 116 valence electrons. The Morgan fingerprint density at radius 2 is 1.95 bits per heavy atom. The normalized spacial score (nSPS) is 22.0. The Kier molecular flexibility index (Phi) is 5.38. The topological polar surface area (TPSA) is 50.8 Å². The van der Waals surface area contributed by atoms with Crippen LogP contribution < -0.4 is 10.1 Å². The molecule has 0 unspecified atom stereocenters. The van der Waals surface area contributed by atoms with Gasteiger partial charge in [-0.25, -0.2) is 9.18 Å². The fourth-order valence-corrected chi connectivity index (χ4v) is 2.31. The summed E-state index contributed by atoms with van der Waals surface area (Å²) in [7, 11) is 0. The molecule has 5 nitrogen and oxygen atoms in total. The number of carbonyl (C=O) groups is 1.